The van der Waals surface area contributed by atoms with Gasteiger partial charge in [-0.15, -0.1) is 0 Å². The molecule has 62 valence electrons. The van der Waals surface area contributed by atoms with Crippen LogP contribution in [0.25, 0.3) is 0 Å². The van der Waals surface area contributed by atoms with Crippen LogP contribution in [0.15, 0.2) is 0 Å². The fourth-order valence-electron chi connectivity index (χ4n) is 0.289. The quantitative estimate of drug-likeness (QED) is 0.658. The molecule has 0 aromatic heterocycles. The monoisotopic (exact) mass is 335 g/mol. The molecule has 0 aromatic carbocycles. The molecule has 0 rings (SSSR count). The number of halogens is 1. The van der Waals surface area contributed by atoms with Crippen LogP contribution < -0.4 is 17.6 Å². The van der Waals surface area contributed by atoms with Gasteiger partial charge in [0.2, 0.25) is 0 Å². The van der Waals surface area contributed by atoms with Crippen LogP contribution >= 0.6 is 9.42 Å². The van der Waals surface area contributed by atoms with Crippen LogP contribution in [-0.2, 0) is 18.8 Å². The van der Waals surface area contributed by atoms with Crippen LogP contribution in [-0.4, -0.2) is 13.1 Å². The van der Waals surface area contributed by atoms with Crippen LogP contribution in [0.3, 0.4) is 0 Å². The Kier molecular flexibility index (Phi) is 42.4. The standard InChI is InChI=1S/C4H12N2.ClH.H3N.Pt/c5-3-1-2-4-6;;;/h1-6H2;1H;1H3;/q;;;+2/p-1. The summed E-state index contributed by atoms with van der Waals surface area (Å²) in [5, 5.41) is 0. The summed E-state index contributed by atoms with van der Waals surface area (Å²) in [6.07, 6.45) is 2.13. The Labute approximate surface area is 71.9 Å². The number of rotatable bonds is 3. The molecule has 0 saturated heterocycles. The molecule has 0 spiro atoms. The molecule has 0 fully saturated rings. The third-order valence-electron chi connectivity index (χ3n) is 0.658. The van der Waals surface area contributed by atoms with Gasteiger partial charge < -0.3 is 17.6 Å². The first kappa shape index (κ1) is 16.4. The van der Waals surface area contributed by atoms with E-state index in [0.29, 0.717) is 0 Å². The summed E-state index contributed by atoms with van der Waals surface area (Å²) >= 11 is 1.61. The van der Waals surface area contributed by atoms with E-state index < -0.39 is 0 Å². The van der Waals surface area contributed by atoms with Gasteiger partial charge in [0.05, 0.1) is 0 Å². The molecule has 3 nitrogen and oxygen atoms in total. The normalized spacial score (nSPS) is 6.78. The third-order valence-corrected chi connectivity index (χ3v) is 0.658. The second-order valence-corrected chi connectivity index (χ2v) is 1.28. The topological polar surface area (TPSA) is 87.0 Å². The summed E-state index contributed by atoms with van der Waals surface area (Å²) in [6.45, 7) is 1.55. The van der Waals surface area contributed by atoms with Gasteiger partial charge in [-0.1, -0.05) is 0 Å². The van der Waals surface area contributed by atoms with Crippen LogP contribution in [0.5, 0.6) is 0 Å². The predicted octanol–water partition coefficient (Wildman–Crippen LogP) is 0.533. The van der Waals surface area contributed by atoms with Gasteiger partial charge in [-0.25, -0.2) is 0 Å². The predicted molar refractivity (Wildman–Crippen MR) is 38.2 cm³/mol. The molecular weight excluding hydrogens is 321 g/mol. The van der Waals surface area contributed by atoms with E-state index in [1.54, 1.807) is 18.8 Å². The van der Waals surface area contributed by atoms with Gasteiger partial charge in [-0.2, -0.15) is 0 Å². The molecule has 7 N–H and O–H groups in total. The molecule has 0 radical (unpaired) electrons. The molecular formula is C4H15ClN3Pt+. The second kappa shape index (κ2) is 23.2. The molecule has 0 unspecified atom stereocenters. The number of nitrogens with two attached hydrogens (primary N) is 2. The minimum atomic E-state index is 0. The molecule has 0 aliphatic carbocycles. The third kappa shape index (κ3) is 28.0. The van der Waals surface area contributed by atoms with Crippen LogP contribution in [0, 0.1) is 0 Å². The summed E-state index contributed by atoms with van der Waals surface area (Å²) in [7, 11) is 4.61. The average molecular weight is 336 g/mol. The van der Waals surface area contributed by atoms with E-state index in [0.717, 1.165) is 25.9 Å². The molecule has 0 aliphatic heterocycles. The fourth-order valence-corrected chi connectivity index (χ4v) is 0.289. The number of hydrogen-bond donors (Lipinski definition) is 3. The summed E-state index contributed by atoms with van der Waals surface area (Å²) in [5.41, 5.74) is 10.3. The van der Waals surface area contributed by atoms with Crippen molar-refractivity contribution < 1.29 is 18.8 Å². The van der Waals surface area contributed by atoms with Gasteiger partial charge in [0, 0.05) is 0 Å². The Morgan fingerprint density at radius 2 is 1.22 bits per heavy atom. The van der Waals surface area contributed by atoms with Crippen molar-refractivity contribution in [2.75, 3.05) is 13.1 Å². The zero-order valence-electron chi connectivity index (χ0n) is 5.38. The van der Waals surface area contributed by atoms with E-state index in [1.807, 2.05) is 0 Å². The van der Waals surface area contributed by atoms with Crippen LogP contribution in [0.2, 0.25) is 0 Å². The summed E-state index contributed by atoms with van der Waals surface area (Å²) in [5.74, 6) is 0. The summed E-state index contributed by atoms with van der Waals surface area (Å²) in [6, 6.07) is 0. The first-order chi connectivity index (χ1) is 3.91. The summed E-state index contributed by atoms with van der Waals surface area (Å²) < 4.78 is 0. The van der Waals surface area contributed by atoms with E-state index >= 15 is 0 Å². The van der Waals surface area contributed by atoms with Crippen molar-refractivity contribution in [3.8, 4) is 0 Å². The Morgan fingerprint density at radius 3 is 1.33 bits per heavy atom. The molecule has 0 saturated carbocycles. The molecule has 0 bridgehead atoms. The van der Waals surface area contributed by atoms with Crippen molar-refractivity contribution in [3.05, 3.63) is 0 Å². The van der Waals surface area contributed by atoms with E-state index in [2.05, 4.69) is 9.42 Å². The number of unbranched alkanes of at least 4 members (excludes halogenated alkanes) is 1. The van der Waals surface area contributed by atoms with Gasteiger partial charge >= 0.3 is 28.2 Å². The van der Waals surface area contributed by atoms with Crippen molar-refractivity contribution in [1.82, 2.24) is 6.15 Å². The molecule has 0 aromatic rings. The van der Waals surface area contributed by atoms with Gasteiger partial charge in [0.15, 0.2) is 0 Å². The molecule has 0 atom stereocenters. The number of hydrogen-bond acceptors (Lipinski definition) is 3. The van der Waals surface area contributed by atoms with Crippen molar-refractivity contribution in [2.24, 2.45) is 11.5 Å². The molecule has 0 heterocycles. The average Bonchev–Trinajstić information content (AvgIpc) is 1.88. The maximum atomic E-state index is 5.16. The molecule has 9 heavy (non-hydrogen) atoms. The van der Waals surface area contributed by atoms with Gasteiger partial charge in [0.25, 0.3) is 0 Å². The molecule has 0 amide bonds. The fraction of sp³-hybridized carbons (Fsp3) is 1.00. The van der Waals surface area contributed by atoms with Crippen molar-refractivity contribution in [3.63, 3.8) is 0 Å². The first-order valence-corrected chi connectivity index (χ1v) is 5.25. The molecule has 0 aliphatic rings. The van der Waals surface area contributed by atoms with Crippen LogP contribution in [0.1, 0.15) is 12.8 Å². The van der Waals surface area contributed by atoms with E-state index in [4.69, 9.17) is 11.5 Å². The zero-order valence-corrected chi connectivity index (χ0v) is 8.41. The Balaban J connectivity index is -0.000000109. The molecule has 5 heteroatoms. The Morgan fingerprint density at radius 1 is 1.00 bits per heavy atom. The minimum absolute atomic E-state index is 0. The van der Waals surface area contributed by atoms with E-state index in [9.17, 15) is 0 Å². The van der Waals surface area contributed by atoms with Crippen molar-refractivity contribution in [1.29, 1.82) is 0 Å². The van der Waals surface area contributed by atoms with Gasteiger partial charge in [-0.3, -0.25) is 0 Å². The van der Waals surface area contributed by atoms with Gasteiger partial charge in [-0.05, 0) is 25.9 Å². The Bertz CT molecular complexity index is 27.8. The SMILES string of the molecule is N.NCCCCN.[Cl][Pt+]. The first-order valence-electron chi connectivity index (χ1n) is 2.44. The zero-order chi connectivity index (χ0) is 6.83. The van der Waals surface area contributed by atoms with E-state index in [1.165, 1.54) is 0 Å². The van der Waals surface area contributed by atoms with Crippen molar-refractivity contribution in [2.45, 2.75) is 12.8 Å². The van der Waals surface area contributed by atoms with Gasteiger partial charge in [0.1, 0.15) is 0 Å². The van der Waals surface area contributed by atoms with E-state index in [-0.39, 0.29) is 6.15 Å². The maximum absolute atomic E-state index is 5.16. The van der Waals surface area contributed by atoms with Crippen molar-refractivity contribution >= 4 is 9.42 Å². The summed E-state index contributed by atoms with van der Waals surface area (Å²) in [4.78, 5) is 0. The van der Waals surface area contributed by atoms with Crippen LogP contribution in [0.4, 0.5) is 0 Å². The second-order valence-electron chi connectivity index (χ2n) is 1.28. The Hall–Kier alpha value is 0.858.